The van der Waals surface area contributed by atoms with Crippen LogP contribution in [0.4, 0.5) is 0 Å². The molecule has 0 spiro atoms. The predicted molar refractivity (Wildman–Crippen MR) is 64.3 cm³/mol. The highest BCUT2D eigenvalue weighted by Crippen LogP contribution is 2.09. The second kappa shape index (κ2) is 7.63. The van der Waals surface area contributed by atoms with Crippen molar-refractivity contribution in [3.63, 3.8) is 0 Å². The zero-order chi connectivity index (χ0) is 11.8. The lowest BCUT2D eigenvalue weighted by Gasteiger charge is -2.21. The van der Waals surface area contributed by atoms with Crippen molar-refractivity contribution in [1.29, 1.82) is 0 Å². The van der Waals surface area contributed by atoms with Crippen molar-refractivity contribution >= 4 is 5.91 Å². The molecule has 1 unspecified atom stereocenters. The van der Waals surface area contributed by atoms with Gasteiger partial charge < -0.3 is 15.4 Å². The van der Waals surface area contributed by atoms with E-state index >= 15 is 0 Å². The van der Waals surface area contributed by atoms with Crippen LogP contribution < -0.4 is 10.6 Å². The third-order valence-electron chi connectivity index (χ3n) is 2.74. The summed E-state index contributed by atoms with van der Waals surface area (Å²) in [5, 5.41) is 6.21. The average molecular weight is 228 g/mol. The number of piperidine rings is 1. The fourth-order valence-electron chi connectivity index (χ4n) is 1.82. The first-order chi connectivity index (χ1) is 7.70. The van der Waals surface area contributed by atoms with Gasteiger partial charge >= 0.3 is 0 Å². The second-order valence-corrected chi connectivity index (χ2v) is 4.61. The molecule has 0 aromatic carbocycles. The van der Waals surface area contributed by atoms with Crippen molar-refractivity contribution in [2.24, 2.45) is 5.92 Å². The zero-order valence-corrected chi connectivity index (χ0v) is 10.4. The van der Waals surface area contributed by atoms with Gasteiger partial charge in [-0.2, -0.15) is 0 Å². The van der Waals surface area contributed by atoms with E-state index in [0.717, 1.165) is 45.5 Å². The summed E-state index contributed by atoms with van der Waals surface area (Å²) < 4.78 is 5.41. The molecular formula is C12H24N2O2. The molecule has 1 amide bonds. The van der Waals surface area contributed by atoms with Gasteiger partial charge in [0.15, 0.2) is 0 Å². The highest BCUT2D eigenvalue weighted by atomic mass is 16.5. The molecule has 4 heteroatoms. The van der Waals surface area contributed by atoms with Gasteiger partial charge in [0.1, 0.15) is 0 Å². The van der Waals surface area contributed by atoms with Gasteiger partial charge in [0.25, 0.3) is 0 Å². The molecule has 94 valence electrons. The van der Waals surface area contributed by atoms with E-state index in [9.17, 15) is 4.79 Å². The maximum Gasteiger partial charge on any atom is 0.224 e. The van der Waals surface area contributed by atoms with Crippen molar-refractivity contribution in [1.82, 2.24) is 10.6 Å². The van der Waals surface area contributed by atoms with Crippen LogP contribution in [0.1, 0.15) is 33.1 Å². The molecule has 0 aromatic rings. The molecular weight excluding hydrogens is 204 g/mol. The Labute approximate surface area is 98.1 Å². The van der Waals surface area contributed by atoms with Gasteiger partial charge in [0.2, 0.25) is 5.91 Å². The Bertz CT molecular complexity index is 201. The van der Waals surface area contributed by atoms with Crippen molar-refractivity contribution in [2.75, 3.05) is 26.2 Å². The Morgan fingerprint density at radius 3 is 3.00 bits per heavy atom. The van der Waals surface area contributed by atoms with Crippen LogP contribution in [-0.2, 0) is 9.53 Å². The fourth-order valence-corrected chi connectivity index (χ4v) is 1.82. The molecule has 0 radical (unpaired) electrons. The largest absolute Gasteiger partial charge is 0.379 e. The van der Waals surface area contributed by atoms with Gasteiger partial charge in [-0.3, -0.25) is 4.79 Å². The summed E-state index contributed by atoms with van der Waals surface area (Å²) >= 11 is 0. The van der Waals surface area contributed by atoms with Gasteiger partial charge in [0.05, 0.1) is 12.0 Å². The number of carbonyl (C=O) groups is 1. The summed E-state index contributed by atoms with van der Waals surface area (Å²) in [6.07, 6.45) is 3.29. The van der Waals surface area contributed by atoms with E-state index in [-0.39, 0.29) is 17.9 Å². The molecule has 0 bridgehead atoms. The van der Waals surface area contributed by atoms with Crippen LogP contribution in [0.2, 0.25) is 0 Å². The predicted octanol–water partition coefficient (Wildman–Crippen LogP) is 0.917. The summed E-state index contributed by atoms with van der Waals surface area (Å²) in [5.41, 5.74) is 0. The standard InChI is InChI=1S/C12H24N2O2/c1-10(2)16-8-4-7-14-12(15)11-5-3-6-13-9-11/h10-11,13H,3-9H2,1-2H3,(H,14,15). The molecule has 16 heavy (non-hydrogen) atoms. The lowest BCUT2D eigenvalue weighted by molar-refractivity contribution is -0.125. The maximum atomic E-state index is 11.7. The van der Waals surface area contributed by atoms with E-state index in [1.165, 1.54) is 0 Å². The van der Waals surface area contributed by atoms with Gasteiger partial charge in [-0.05, 0) is 39.7 Å². The summed E-state index contributed by atoms with van der Waals surface area (Å²) in [6, 6.07) is 0. The molecule has 4 nitrogen and oxygen atoms in total. The summed E-state index contributed by atoms with van der Waals surface area (Å²) in [5.74, 6) is 0.358. The molecule has 1 heterocycles. The number of hydrogen-bond donors (Lipinski definition) is 2. The minimum absolute atomic E-state index is 0.166. The van der Waals surface area contributed by atoms with Crippen LogP contribution in [0, 0.1) is 5.92 Å². The van der Waals surface area contributed by atoms with E-state index < -0.39 is 0 Å². The minimum atomic E-state index is 0.166. The van der Waals surface area contributed by atoms with Gasteiger partial charge in [-0.1, -0.05) is 0 Å². The molecule has 0 aliphatic carbocycles. The molecule has 2 N–H and O–H groups in total. The van der Waals surface area contributed by atoms with Crippen molar-refractivity contribution in [2.45, 2.75) is 39.2 Å². The van der Waals surface area contributed by atoms with E-state index in [2.05, 4.69) is 10.6 Å². The van der Waals surface area contributed by atoms with E-state index in [0.29, 0.717) is 0 Å². The van der Waals surface area contributed by atoms with Crippen LogP contribution in [0.3, 0.4) is 0 Å². The zero-order valence-electron chi connectivity index (χ0n) is 10.4. The number of amides is 1. The quantitative estimate of drug-likeness (QED) is 0.665. The first-order valence-electron chi connectivity index (χ1n) is 6.30. The number of nitrogens with one attached hydrogen (secondary N) is 2. The van der Waals surface area contributed by atoms with Gasteiger partial charge in [-0.25, -0.2) is 0 Å². The molecule has 1 fully saturated rings. The number of hydrogen-bond acceptors (Lipinski definition) is 3. The molecule has 1 saturated heterocycles. The van der Waals surface area contributed by atoms with Crippen molar-refractivity contribution < 1.29 is 9.53 Å². The molecule has 1 aliphatic heterocycles. The highest BCUT2D eigenvalue weighted by molar-refractivity contribution is 5.78. The minimum Gasteiger partial charge on any atom is -0.379 e. The fraction of sp³-hybridized carbons (Fsp3) is 0.917. The van der Waals surface area contributed by atoms with Crippen molar-refractivity contribution in [3.8, 4) is 0 Å². The number of ether oxygens (including phenoxy) is 1. The van der Waals surface area contributed by atoms with Crippen LogP contribution in [0.15, 0.2) is 0 Å². The molecule has 1 rings (SSSR count). The SMILES string of the molecule is CC(C)OCCCNC(=O)C1CCCNC1. The lowest BCUT2D eigenvalue weighted by atomic mass is 9.99. The van der Waals surface area contributed by atoms with E-state index in [1.807, 2.05) is 13.8 Å². The second-order valence-electron chi connectivity index (χ2n) is 4.61. The molecule has 0 saturated carbocycles. The lowest BCUT2D eigenvalue weighted by Crippen LogP contribution is -2.40. The first-order valence-corrected chi connectivity index (χ1v) is 6.30. The van der Waals surface area contributed by atoms with Crippen molar-refractivity contribution in [3.05, 3.63) is 0 Å². The smallest absolute Gasteiger partial charge is 0.224 e. The Hall–Kier alpha value is -0.610. The molecule has 0 aromatic heterocycles. The summed E-state index contributed by atoms with van der Waals surface area (Å²) in [7, 11) is 0. The monoisotopic (exact) mass is 228 g/mol. The summed E-state index contributed by atoms with van der Waals surface area (Å²) in [6.45, 7) is 7.36. The Kier molecular flexibility index (Phi) is 6.42. The maximum absolute atomic E-state index is 11.7. The first kappa shape index (κ1) is 13.5. The Morgan fingerprint density at radius 2 is 2.38 bits per heavy atom. The normalized spacial score (nSPS) is 21.1. The number of rotatable bonds is 6. The van der Waals surface area contributed by atoms with E-state index in [1.54, 1.807) is 0 Å². The third kappa shape index (κ3) is 5.47. The Morgan fingerprint density at radius 1 is 1.56 bits per heavy atom. The highest BCUT2D eigenvalue weighted by Gasteiger charge is 2.19. The van der Waals surface area contributed by atoms with Crippen LogP contribution in [-0.4, -0.2) is 38.3 Å². The van der Waals surface area contributed by atoms with Crippen LogP contribution in [0.5, 0.6) is 0 Å². The third-order valence-corrected chi connectivity index (χ3v) is 2.74. The molecule has 1 atom stereocenters. The Balaban J connectivity index is 2.01. The average Bonchev–Trinajstić information content (AvgIpc) is 2.29. The topological polar surface area (TPSA) is 50.4 Å². The molecule has 1 aliphatic rings. The van der Waals surface area contributed by atoms with Crippen LogP contribution in [0.25, 0.3) is 0 Å². The number of carbonyl (C=O) groups excluding carboxylic acids is 1. The van der Waals surface area contributed by atoms with Gasteiger partial charge in [-0.15, -0.1) is 0 Å². The van der Waals surface area contributed by atoms with Gasteiger partial charge in [0, 0.05) is 19.7 Å². The van der Waals surface area contributed by atoms with E-state index in [4.69, 9.17) is 4.74 Å². The van der Waals surface area contributed by atoms with Crippen LogP contribution >= 0.6 is 0 Å². The summed E-state index contributed by atoms with van der Waals surface area (Å²) in [4.78, 5) is 11.7.